The summed E-state index contributed by atoms with van der Waals surface area (Å²) < 4.78 is 0. The maximum absolute atomic E-state index is 4.05. The maximum Gasteiger partial charge on any atom is 0.0500 e. The smallest absolute Gasteiger partial charge is 0.0500 e. The van der Waals surface area contributed by atoms with Crippen molar-refractivity contribution in [2.45, 2.75) is 12.0 Å². The maximum atomic E-state index is 4.05. The van der Waals surface area contributed by atoms with Crippen molar-refractivity contribution < 1.29 is 0 Å². The van der Waals surface area contributed by atoms with Crippen LogP contribution in [0, 0.1) is 0 Å². The van der Waals surface area contributed by atoms with Gasteiger partial charge in [0.15, 0.2) is 0 Å². The van der Waals surface area contributed by atoms with Crippen molar-refractivity contribution in [3.8, 4) is 0 Å². The second kappa shape index (κ2) is 2.08. The standard InChI is InChI=1S/C9H16N2/c1-8-4-9(11(3)5-8)6-10(2)7-9/h1,4-7H2,2-3H3. The Bertz CT molecular complexity index is 192. The van der Waals surface area contributed by atoms with Crippen LogP contribution in [0.4, 0.5) is 0 Å². The van der Waals surface area contributed by atoms with Crippen molar-refractivity contribution >= 4 is 0 Å². The van der Waals surface area contributed by atoms with Crippen molar-refractivity contribution in [3.05, 3.63) is 12.2 Å². The lowest BCUT2D eigenvalue weighted by molar-refractivity contribution is 0.00133. The molecule has 2 saturated heterocycles. The molecule has 0 radical (unpaired) electrons. The van der Waals surface area contributed by atoms with Crippen molar-refractivity contribution in [2.24, 2.45) is 0 Å². The molecule has 0 aromatic rings. The highest BCUT2D eigenvalue weighted by molar-refractivity contribution is 5.19. The van der Waals surface area contributed by atoms with E-state index in [2.05, 4.69) is 30.5 Å². The van der Waals surface area contributed by atoms with Gasteiger partial charge in [-0.05, 0) is 20.5 Å². The number of likely N-dealkylation sites (tertiary alicyclic amines) is 2. The zero-order valence-corrected chi connectivity index (χ0v) is 7.43. The SMILES string of the molecule is C=C1CN(C)C2(C1)CN(C)C2. The number of hydrogen-bond donors (Lipinski definition) is 0. The van der Waals surface area contributed by atoms with Crippen LogP contribution >= 0.6 is 0 Å². The first kappa shape index (κ1) is 7.32. The van der Waals surface area contributed by atoms with Gasteiger partial charge >= 0.3 is 0 Å². The van der Waals surface area contributed by atoms with Gasteiger partial charge in [-0.1, -0.05) is 12.2 Å². The number of rotatable bonds is 0. The lowest BCUT2D eigenvalue weighted by Crippen LogP contribution is -2.65. The molecule has 2 heterocycles. The molecule has 2 nitrogen and oxygen atoms in total. The molecule has 0 N–H and O–H groups in total. The molecule has 1 spiro atoms. The van der Waals surface area contributed by atoms with Gasteiger partial charge in [0.25, 0.3) is 0 Å². The lowest BCUT2D eigenvalue weighted by Gasteiger charge is -2.50. The minimum absolute atomic E-state index is 0.478. The summed E-state index contributed by atoms with van der Waals surface area (Å²) in [5.74, 6) is 0. The minimum atomic E-state index is 0.478. The van der Waals surface area contributed by atoms with Crippen molar-refractivity contribution in [1.82, 2.24) is 9.80 Å². The van der Waals surface area contributed by atoms with E-state index in [9.17, 15) is 0 Å². The average molecular weight is 152 g/mol. The summed E-state index contributed by atoms with van der Waals surface area (Å²) in [6, 6.07) is 0. The Morgan fingerprint density at radius 1 is 1.36 bits per heavy atom. The van der Waals surface area contributed by atoms with Crippen LogP contribution in [0.25, 0.3) is 0 Å². The molecular weight excluding hydrogens is 136 g/mol. The molecule has 2 heteroatoms. The Morgan fingerprint density at radius 3 is 2.36 bits per heavy atom. The largest absolute Gasteiger partial charge is 0.303 e. The van der Waals surface area contributed by atoms with Crippen LogP contribution in [-0.4, -0.2) is 49.1 Å². The predicted molar refractivity (Wildman–Crippen MR) is 46.6 cm³/mol. The number of likely N-dealkylation sites (N-methyl/N-ethyl adjacent to an activating group) is 2. The Hall–Kier alpha value is -0.340. The molecule has 2 fully saturated rings. The fourth-order valence-corrected chi connectivity index (χ4v) is 2.47. The highest BCUT2D eigenvalue weighted by Crippen LogP contribution is 2.37. The summed E-state index contributed by atoms with van der Waals surface area (Å²) in [5, 5.41) is 0. The first-order valence-electron chi connectivity index (χ1n) is 4.19. The van der Waals surface area contributed by atoms with Crippen molar-refractivity contribution in [1.29, 1.82) is 0 Å². The topological polar surface area (TPSA) is 6.48 Å². The van der Waals surface area contributed by atoms with E-state index in [0.29, 0.717) is 5.54 Å². The summed E-state index contributed by atoms with van der Waals surface area (Å²) in [6.45, 7) is 7.60. The fourth-order valence-electron chi connectivity index (χ4n) is 2.47. The minimum Gasteiger partial charge on any atom is -0.303 e. The molecule has 2 rings (SSSR count). The molecule has 2 aliphatic heterocycles. The van der Waals surface area contributed by atoms with Gasteiger partial charge in [0.05, 0.1) is 5.54 Å². The molecule has 0 aromatic carbocycles. The molecule has 0 aliphatic carbocycles. The van der Waals surface area contributed by atoms with E-state index in [1.807, 2.05) is 0 Å². The van der Waals surface area contributed by atoms with E-state index in [1.165, 1.54) is 25.1 Å². The van der Waals surface area contributed by atoms with Gasteiger partial charge in [-0.3, -0.25) is 4.90 Å². The van der Waals surface area contributed by atoms with Crippen molar-refractivity contribution in [3.63, 3.8) is 0 Å². The zero-order valence-electron chi connectivity index (χ0n) is 7.43. The highest BCUT2D eigenvalue weighted by atomic mass is 15.3. The Kier molecular flexibility index (Phi) is 1.38. The quantitative estimate of drug-likeness (QED) is 0.468. The van der Waals surface area contributed by atoms with Crippen LogP contribution in [0.5, 0.6) is 0 Å². The number of nitrogens with zero attached hydrogens (tertiary/aromatic N) is 2. The second-order valence-electron chi connectivity index (χ2n) is 4.18. The molecule has 0 amide bonds. The predicted octanol–water partition coefficient (Wildman–Crippen LogP) is 0.562. The third-order valence-corrected chi connectivity index (χ3v) is 2.98. The first-order chi connectivity index (χ1) is 5.12. The van der Waals surface area contributed by atoms with E-state index in [4.69, 9.17) is 0 Å². The third-order valence-electron chi connectivity index (χ3n) is 2.98. The van der Waals surface area contributed by atoms with Gasteiger partial charge < -0.3 is 4.90 Å². The average Bonchev–Trinajstić information content (AvgIpc) is 2.06. The van der Waals surface area contributed by atoms with E-state index in [-0.39, 0.29) is 0 Å². The van der Waals surface area contributed by atoms with Gasteiger partial charge in [-0.2, -0.15) is 0 Å². The van der Waals surface area contributed by atoms with Crippen molar-refractivity contribution in [2.75, 3.05) is 33.7 Å². The van der Waals surface area contributed by atoms with Gasteiger partial charge in [0.1, 0.15) is 0 Å². The molecule has 0 bridgehead atoms. The highest BCUT2D eigenvalue weighted by Gasteiger charge is 2.48. The zero-order chi connectivity index (χ0) is 8.06. The van der Waals surface area contributed by atoms with Crippen LogP contribution in [0.3, 0.4) is 0 Å². The molecule has 0 saturated carbocycles. The van der Waals surface area contributed by atoms with Gasteiger partial charge in [-0.25, -0.2) is 0 Å². The van der Waals surface area contributed by atoms with E-state index < -0.39 is 0 Å². The first-order valence-corrected chi connectivity index (χ1v) is 4.19. The van der Waals surface area contributed by atoms with Crippen LogP contribution in [0.15, 0.2) is 12.2 Å². The summed E-state index contributed by atoms with van der Waals surface area (Å²) >= 11 is 0. The Balaban J connectivity index is 2.10. The second-order valence-corrected chi connectivity index (χ2v) is 4.18. The van der Waals surface area contributed by atoms with Crippen LogP contribution < -0.4 is 0 Å². The lowest BCUT2D eigenvalue weighted by atomic mass is 9.87. The van der Waals surface area contributed by atoms with E-state index in [1.54, 1.807) is 0 Å². The molecule has 11 heavy (non-hydrogen) atoms. The number of hydrogen-bond acceptors (Lipinski definition) is 2. The normalized spacial score (nSPS) is 31.3. The van der Waals surface area contributed by atoms with Gasteiger partial charge in [0.2, 0.25) is 0 Å². The van der Waals surface area contributed by atoms with E-state index >= 15 is 0 Å². The van der Waals surface area contributed by atoms with Crippen LogP contribution in [0.1, 0.15) is 6.42 Å². The summed E-state index contributed by atoms with van der Waals surface area (Å²) in [4.78, 5) is 4.82. The molecule has 62 valence electrons. The van der Waals surface area contributed by atoms with Gasteiger partial charge in [0, 0.05) is 19.6 Å². The molecule has 0 atom stereocenters. The summed E-state index contributed by atoms with van der Waals surface area (Å²) in [7, 11) is 4.39. The third kappa shape index (κ3) is 0.932. The summed E-state index contributed by atoms with van der Waals surface area (Å²) in [6.07, 6.45) is 1.22. The molecular formula is C9H16N2. The Labute approximate surface area is 68.5 Å². The summed E-state index contributed by atoms with van der Waals surface area (Å²) in [5.41, 5.74) is 1.88. The molecule has 0 aromatic heterocycles. The van der Waals surface area contributed by atoms with Gasteiger partial charge in [-0.15, -0.1) is 0 Å². The van der Waals surface area contributed by atoms with Crippen LogP contribution in [0.2, 0.25) is 0 Å². The molecule has 0 unspecified atom stereocenters. The fraction of sp³-hybridized carbons (Fsp3) is 0.778. The van der Waals surface area contributed by atoms with E-state index in [0.717, 1.165) is 6.54 Å². The Morgan fingerprint density at radius 2 is 2.00 bits per heavy atom. The van der Waals surface area contributed by atoms with Crippen LogP contribution in [-0.2, 0) is 0 Å². The monoisotopic (exact) mass is 152 g/mol. The molecule has 2 aliphatic rings.